The van der Waals surface area contributed by atoms with Gasteiger partial charge < -0.3 is 9.15 Å². The van der Waals surface area contributed by atoms with Gasteiger partial charge in [0.1, 0.15) is 17.3 Å². The number of rotatable bonds is 3. The Morgan fingerprint density at radius 3 is 2.33 bits per heavy atom. The Morgan fingerprint density at radius 1 is 1.00 bits per heavy atom. The lowest BCUT2D eigenvalue weighted by Crippen LogP contribution is -1.96. The van der Waals surface area contributed by atoms with E-state index >= 15 is 0 Å². The Kier molecular flexibility index (Phi) is 3.77. The molecule has 0 saturated heterocycles. The summed E-state index contributed by atoms with van der Waals surface area (Å²) in [6.07, 6.45) is 0. The third kappa shape index (κ3) is 2.46. The van der Waals surface area contributed by atoms with Crippen molar-refractivity contribution in [3.05, 3.63) is 65.1 Å². The molecule has 1 unspecified atom stereocenters. The standard InChI is InChI=1S/C18H17BrO2/c1-11-10-16(12(2)21-11)18(19)15-8-9-17(20-3)14-7-5-4-6-13(14)15/h4-10,18H,1-3H3. The number of furan rings is 1. The van der Waals surface area contributed by atoms with Gasteiger partial charge in [-0.1, -0.05) is 46.3 Å². The summed E-state index contributed by atoms with van der Waals surface area (Å²) in [6, 6.07) is 14.5. The number of hydrogen-bond donors (Lipinski definition) is 0. The molecule has 21 heavy (non-hydrogen) atoms. The van der Waals surface area contributed by atoms with Crippen molar-refractivity contribution >= 4 is 26.7 Å². The first-order valence-corrected chi connectivity index (χ1v) is 7.80. The molecule has 108 valence electrons. The molecule has 0 aliphatic carbocycles. The molecule has 0 radical (unpaired) electrons. The third-order valence-corrected chi connectivity index (χ3v) is 4.75. The van der Waals surface area contributed by atoms with Crippen molar-refractivity contribution in [2.75, 3.05) is 7.11 Å². The number of ether oxygens (including phenoxy) is 1. The van der Waals surface area contributed by atoms with E-state index < -0.39 is 0 Å². The van der Waals surface area contributed by atoms with Crippen LogP contribution < -0.4 is 4.74 Å². The molecular weight excluding hydrogens is 328 g/mol. The van der Waals surface area contributed by atoms with Gasteiger partial charge in [-0.15, -0.1) is 0 Å². The van der Waals surface area contributed by atoms with Crippen LogP contribution in [0.3, 0.4) is 0 Å². The second-order valence-corrected chi connectivity index (χ2v) is 6.05. The van der Waals surface area contributed by atoms with Gasteiger partial charge in [0.05, 0.1) is 11.9 Å². The Labute approximate surface area is 132 Å². The summed E-state index contributed by atoms with van der Waals surface area (Å²) in [6.45, 7) is 3.98. The monoisotopic (exact) mass is 344 g/mol. The molecule has 3 rings (SSSR count). The van der Waals surface area contributed by atoms with Gasteiger partial charge in [-0.05, 0) is 36.9 Å². The summed E-state index contributed by atoms with van der Waals surface area (Å²) in [4.78, 5) is 0.103. The summed E-state index contributed by atoms with van der Waals surface area (Å²) in [5.41, 5.74) is 2.39. The maximum absolute atomic E-state index is 5.66. The molecule has 2 aromatic carbocycles. The number of aryl methyl sites for hydroxylation is 2. The van der Waals surface area contributed by atoms with Crippen LogP contribution in [0.15, 0.2) is 46.9 Å². The summed E-state index contributed by atoms with van der Waals surface area (Å²) in [5.74, 6) is 2.79. The van der Waals surface area contributed by atoms with Crippen molar-refractivity contribution in [3.63, 3.8) is 0 Å². The van der Waals surface area contributed by atoms with Crippen LogP contribution in [-0.4, -0.2) is 7.11 Å². The normalized spacial score (nSPS) is 12.6. The van der Waals surface area contributed by atoms with E-state index in [2.05, 4.69) is 46.3 Å². The average Bonchev–Trinajstić information content (AvgIpc) is 2.84. The van der Waals surface area contributed by atoms with Crippen LogP contribution >= 0.6 is 15.9 Å². The predicted octanol–water partition coefficient (Wildman–Crippen LogP) is 5.54. The zero-order valence-corrected chi connectivity index (χ0v) is 13.9. The van der Waals surface area contributed by atoms with Crippen molar-refractivity contribution in [2.45, 2.75) is 18.7 Å². The molecule has 0 saturated carbocycles. The zero-order valence-electron chi connectivity index (χ0n) is 12.3. The number of fused-ring (bicyclic) bond motifs is 1. The molecule has 0 spiro atoms. The van der Waals surface area contributed by atoms with Crippen molar-refractivity contribution < 1.29 is 9.15 Å². The molecule has 0 aliphatic heterocycles. The third-order valence-electron chi connectivity index (χ3n) is 3.76. The highest BCUT2D eigenvalue weighted by molar-refractivity contribution is 9.09. The molecule has 0 bridgehead atoms. The van der Waals surface area contributed by atoms with Crippen LogP contribution in [0.4, 0.5) is 0 Å². The van der Waals surface area contributed by atoms with Gasteiger partial charge >= 0.3 is 0 Å². The topological polar surface area (TPSA) is 22.4 Å². The molecule has 0 aliphatic rings. The number of alkyl halides is 1. The van der Waals surface area contributed by atoms with E-state index in [1.54, 1.807) is 7.11 Å². The molecule has 0 amide bonds. The van der Waals surface area contributed by atoms with E-state index in [9.17, 15) is 0 Å². The maximum atomic E-state index is 5.66. The van der Waals surface area contributed by atoms with E-state index in [4.69, 9.17) is 9.15 Å². The fraction of sp³-hybridized carbons (Fsp3) is 0.222. The molecule has 0 N–H and O–H groups in total. The van der Waals surface area contributed by atoms with E-state index in [-0.39, 0.29) is 4.83 Å². The maximum Gasteiger partial charge on any atom is 0.126 e. The van der Waals surface area contributed by atoms with Gasteiger partial charge in [-0.25, -0.2) is 0 Å². The van der Waals surface area contributed by atoms with Crippen LogP contribution in [0.25, 0.3) is 10.8 Å². The van der Waals surface area contributed by atoms with Gasteiger partial charge in [0, 0.05) is 10.9 Å². The van der Waals surface area contributed by atoms with Gasteiger partial charge in [-0.3, -0.25) is 0 Å². The van der Waals surface area contributed by atoms with Gasteiger partial charge in [0.2, 0.25) is 0 Å². The van der Waals surface area contributed by atoms with Crippen molar-refractivity contribution in [2.24, 2.45) is 0 Å². The number of hydrogen-bond acceptors (Lipinski definition) is 2. The minimum atomic E-state index is 0.103. The minimum absolute atomic E-state index is 0.103. The first kappa shape index (κ1) is 14.2. The number of halogens is 1. The van der Waals surface area contributed by atoms with E-state index in [1.165, 1.54) is 16.5 Å². The van der Waals surface area contributed by atoms with Crippen molar-refractivity contribution in [1.29, 1.82) is 0 Å². The summed E-state index contributed by atoms with van der Waals surface area (Å²) >= 11 is 3.83. The van der Waals surface area contributed by atoms with Gasteiger partial charge in [0.25, 0.3) is 0 Å². The molecule has 1 atom stereocenters. The largest absolute Gasteiger partial charge is 0.496 e. The van der Waals surface area contributed by atoms with Gasteiger partial charge in [0.15, 0.2) is 0 Å². The molecule has 2 nitrogen and oxygen atoms in total. The quantitative estimate of drug-likeness (QED) is 0.581. The lowest BCUT2D eigenvalue weighted by molar-refractivity contribution is 0.419. The first-order valence-electron chi connectivity index (χ1n) is 6.88. The van der Waals surface area contributed by atoms with Crippen LogP contribution in [0.1, 0.15) is 27.5 Å². The SMILES string of the molecule is COc1ccc(C(Br)c2cc(C)oc2C)c2ccccc12. The van der Waals surface area contributed by atoms with Crippen LogP contribution in [0.5, 0.6) is 5.75 Å². The Hall–Kier alpha value is -1.74. The van der Waals surface area contributed by atoms with E-state index in [0.29, 0.717) is 0 Å². The van der Waals surface area contributed by atoms with Crippen LogP contribution in [-0.2, 0) is 0 Å². The molecular formula is C18H17BrO2. The van der Waals surface area contributed by atoms with Gasteiger partial charge in [-0.2, -0.15) is 0 Å². The number of benzene rings is 2. The predicted molar refractivity (Wildman–Crippen MR) is 89.5 cm³/mol. The second kappa shape index (κ2) is 5.57. The highest BCUT2D eigenvalue weighted by Crippen LogP contribution is 2.40. The Morgan fingerprint density at radius 2 is 1.71 bits per heavy atom. The van der Waals surface area contributed by atoms with Crippen LogP contribution in [0, 0.1) is 13.8 Å². The Bertz CT molecular complexity index is 789. The molecule has 1 heterocycles. The summed E-state index contributed by atoms with van der Waals surface area (Å²) < 4.78 is 11.1. The van der Waals surface area contributed by atoms with Crippen molar-refractivity contribution in [1.82, 2.24) is 0 Å². The minimum Gasteiger partial charge on any atom is -0.496 e. The zero-order chi connectivity index (χ0) is 15.0. The van der Waals surface area contributed by atoms with E-state index in [0.717, 1.165) is 22.7 Å². The number of methoxy groups -OCH3 is 1. The summed E-state index contributed by atoms with van der Waals surface area (Å²) in [5, 5.41) is 2.32. The fourth-order valence-electron chi connectivity index (χ4n) is 2.76. The van der Waals surface area contributed by atoms with Crippen LogP contribution in [0.2, 0.25) is 0 Å². The molecule has 3 aromatic rings. The average molecular weight is 345 g/mol. The Balaban J connectivity index is 2.19. The lowest BCUT2D eigenvalue weighted by Gasteiger charge is -2.15. The smallest absolute Gasteiger partial charge is 0.126 e. The second-order valence-electron chi connectivity index (χ2n) is 5.13. The fourth-order valence-corrected chi connectivity index (χ4v) is 3.62. The highest BCUT2D eigenvalue weighted by atomic mass is 79.9. The molecule has 3 heteroatoms. The van der Waals surface area contributed by atoms with E-state index in [1.807, 2.05) is 26.0 Å². The summed E-state index contributed by atoms with van der Waals surface area (Å²) in [7, 11) is 1.71. The highest BCUT2D eigenvalue weighted by Gasteiger charge is 2.19. The first-order chi connectivity index (χ1) is 10.1. The lowest BCUT2D eigenvalue weighted by atomic mass is 9.98. The molecule has 0 fully saturated rings. The van der Waals surface area contributed by atoms with Crippen molar-refractivity contribution in [3.8, 4) is 5.75 Å². The molecule has 1 aromatic heterocycles.